The van der Waals surface area contributed by atoms with Crippen molar-refractivity contribution in [3.63, 3.8) is 0 Å². The second-order valence-electron chi connectivity index (χ2n) is 4.41. The number of aromatic nitrogens is 2. The normalized spacial score (nSPS) is 25.4. The Labute approximate surface area is 113 Å². The van der Waals surface area contributed by atoms with Crippen molar-refractivity contribution in [2.75, 3.05) is 6.61 Å². The number of nitrogens with zero attached hydrogens (tertiary/aromatic N) is 2. The quantitative estimate of drug-likeness (QED) is 0.591. The molecule has 1 aromatic heterocycles. The lowest BCUT2D eigenvalue weighted by molar-refractivity contribution is -0.0459. The molecule has 2 heterocycles. The number of aliphatic hydroxyl groups excluding tert-OH is 2. The highest BCUT2D eigenvalue weighted by Crippen LogP contribution is 2.27. The molecular formula is C12H13N3O5. The second-order valence-corrected chi connectivity index (χ2v) is 4.41. The van der Waals surface area contributed by atoms with E-state index in [1.54, 1.807) is 6.07 Å². The van der Waals surface area contributed by atoms with Crippen LogP contribution < -0.4 is 11.2 Å². The molecule has 1 saturated heterocycles. The Morgan fingerprint density at radius 2 is 2.35 bits per heavy atom. The van der Waals surface area contributed by atoms with Crippen LogP contribution in [0.25, 0.3) is 5.57 Å². The van der Waals surface area contributed by atoms with Gasteiger partial charge in [0.1, 0.15) is 12.3 Å². The number of aliphatic hydroxyl groups is 2. The minimum absolute atomic E-state index is 0.0439. The molecule has 0 radical (unpaired) electrons. The molecule has 3 atom stereocenters. The molecule has 8 nitrogen and oxygen atoms in total. The number of allylic oxidation sites excluding steroid dienone is 1. The largest absolute Gasteiger partial charge is 0.394 e. The highest BCUT2D eigenvalue weighted by Gasteiger charge is 2.35. The number of rotatable bonds is 3. The van der Waals surface area contributed by atoms with Gasteiger partial charge in [0.2, 0.25) is 0 Å². The van der Waals surface area contributed by atoms with E-state index in [2.05, 4.69) is 11.6 Å². The fourth-order valence-corrected chi connectivity index (χ4v) is 2.02. The summed E-state index contributed by atoms with van der Waals surface area (Å²) in [4.78, 5) is 25.4. The van der Waals surface area contributed by atoms with Crippen molar-refractivity contribution in [3.05, 3.63) is 39.2 Å². The number of nitrogens with one attached hydrogen (secondary N) is 1. The Morgan fingerprint density at radius 1 is 1.65 bits per heavy atom. The van der Waals surface area contributed by atoms with Crippen LogP contribution in [-0.4, -0.2) is 38.6 Å². The Kier molecular flexibility index (Phi) is 3.85. The standard InChI is InChI=1S/C12H13N3O5/c1-6(3-13)7-4-15(12(19)14-11(7)18)10-2-8(17)9(5-16)20-10/h4,8-10,16-17H,1-2,5H2,(H,14,18,19)/t8-,9+,10+/m0/s1. The lowest BCUT2D eigenvalue weighted by Gasteiger charge is -2.15. The van der Waals surface area contributed by atoms with Crippen molar-refractivity contribution < 1.29 is 14.9 Å². The SMILES string of the molecule is C=C(C#N)c1cn([C@H]2C[C@H](O)[C@@H](CO)O2)c(=O)[nH]c1=O. The van der Waals surface area contributed by atoms with E-state index >= 15 is 0 Å². The summed E-state index contributed by atoms with van der Waals surface area (Å²) in [6, 6.07) is 1.73. The maximum atomic E-state index is 11.8. The molecule has 1 fully saturated rings. The summed E-state index contributed by atoms with van der Waals surface area (Å²) in [5.74, 6) is 0. The molecule has 0 aromatic carbocycles. The van der Waals surface area contributed by atoms with Gasteiger partial charge in [-0.25, -0.2) is 4.79 Å². The second kappa shape index (κ2) is 5.42. The molecule has 0 aliphatic carbocycles. The average molecular weight is 279 g/mol. The molecule has 0 bridgehead atoms. The van der Waals surface area contributed by atoms with Crippen LogP contribution in [0.5, 0.6) is 0 Å². The first-order valence-electron chi connectivity index (χ1n) is 5.87. The smallest absolute Gasteiger partial charge is 0.330 e. The number of aromatic amines is 1. The van der Waals surface area contributed by atoms with Crippen molar-refractivity contribution in [3.8, 4) is 6.07 Å². The molecule has 1 aliphatic heterocycles. The minimum Gasteiger partial charge on any atom is -0.394 e. The summed E-state index contributed by atoms with van der Waals surface area (Å²) in [5.41, 5.74) is -1.56. The zero-order chi connectivity index (χ0) is 14.9. The van der Waals surface area contributed by atoms with Crippen molar-refractivity contribution in [1.29, 1.82) is 5.26 Å². The molecule has 106 valence electrons. The lowest BCUT2D eigenvalue weighted by atomic mass is 10.1. The summed E-state index contributed by atoms with van der Waals surface area (Å²) in [6.45, 7) is 3.04. The molecule has 0 saturated carbocycles. The van der Waals surface area contributed by atoms with Gasteiger partial charge in [0.25, 0.3) is 5.56 Å². The fourth-order valence-electron chi connectivity index (χ4n) is 2.02. The van der Waals surface area contributed by atoms with Gasteiger partial charge in [0, 0.05) is 12.6 Å². The number of hydrogen-bond acceptors (Lipinski definition) is 6. The number of H-pyrrole nitrogens is 1. The highest BCUT2D eigenvalue weighted by molar-refractivity contribution is 5.73. The Bertz CT molecular complexity index is 684. The third kappa shape index (κ3) is 2.42. The van der Waals surface area contributed by atoms with E-state index in [0.717, 1.165) is 4.57 Å². The van der Waals surface area contributed by atoms with Crippen molar-refractivity contribution in [2.24, 2.45) is 0 Å². The molecule has 8 heteroatoms. The average Bonchev–Trinajstić information content (AvgIpc) is 2.79. The van der Waals surface area contributed by atoms with Crippen molar-refractivity contribution in [2.45, 2.75) is 24.9 Å². The molecule has 0 amide bonds. The monoisotopic (exact) mass is 279 g/mol. The van der Waals surface area contributed by atoms with E-state index < -0.39 is 29.7 Å². The van der Waals surface area contributed by atoms with Crippen molar-refractivity contribution in [1.82, 2.24) is 9.55 Å². The van der Waals surface area contributed by atoms with Gasteiger partial charge < -0.3 is 14.9 Å². The summed E-state index contributed by atoms with van der Waals surface area (Å²) in [5, 5.41) is 27.4. The van der Waals surface area contributed by atoms with Gasteiger partial charge in [-0.3, -0.25) is 14.3 Å². The molecule has 0 spiro atoms. The van der Waals surface area contributed by atoms with E-state index in [-0.39, 0.29) is 24.2 Å². The van der Waals surface area contributed by atoms with E-state index in [1.807, 2.05) is 0 Å². The summed E-state index contributed by atoms with van der Waals surface area (Å²) in [7, 11) is 0. The van der Waals surface area contributed by atoms with Crippen LogP contribution in [0.2, 0.25) is 0 Å². The molecule has 3 N–H and O–H groups in total. The van der Waals surface area contributed by atoms with Crippen LogP contribution in [0.1, 0.15) is 18.2 Å². The topological polar surface area (TPSA) is 128 Å². The number of nitriles is 1. The molecule has 0 unspecified atom stereocenters. The third-order valence-electron chi connectivity index (χ3n) is 3.12. The first-order chi connectivity index (χ1) is 9.47. The summed E-state index contributed by atoms with van der Waals surface area (Å²) < 4.78 is 6.39. The van der Waals surface area contributed by atoms with Crippen LogP contribution >= 0.6 is 0 Å². The van der Waals surface area contributed by atoms with Gasteiger partial charge in [-0.1, -0.05) is 6.58 Å². The Balaban J connectivity index is 2.44. The Morgan fingerprint density at radius 3 is 2.90 bits per heavy atom. The predicted molar refractivity (Wildman–Crippen MR) is 67.6 cm³/mol. The van der Waals surface area contributed by atoms with Crippen LogP contribution in [0.3, 0.4) is 0 Å². The molecule has 20 heavy (non-hydrogen) atoms. The maximum Gasteiger partial charge on any atom is 0.330 e. The molecule has 1 aliphatic rings. The van der Waals surface area contributed by atoms with Gasteiger partial charge in [0.15, 0.2) is 0 Å². The third-order valence-corrected chi connectivity index (χ3v) is 3.12. The summed E-state index contributed by atoms with van der Waals surface area (Å²) in [6.07, 6.45) is -1.26. The molecule has 1 aromatic rings. The molecular weight excluding hydrogens is 266 g/mol. The van der Waals surface area contributed by atoms with E-state index in [4.69, 9.17) is 15.1 Å². The first-order valence-corrected chi connectivity index (χ1v) is 5.87. The van der Waals surface area contributed by atoms with Gasteiger partial charge in [0.05, 0.1) is 29.9 Å². The van der Waals surface area contributed by atoms with Crippen molar-refractivity contribution >= 4 is 5.57 Å². The van der Waals surface area contributed by atoms with E-state index in [1.165, 1.54) is 6.20 Å². The zero-order valence-electron chi connectivity index (χ0n) is 10.4. The number of ether oxygens (including phenoxy) is 1. The van der Waals surface area contributed by atoms with Gasteiger partial charge in [-0.2, -0.15) is 5.26 Å². The number of hydrogen-bond donors (Lipinski definition) is 3. The van der Waals surface area contributed by atoms with E-state index in [9.17, 15) is 14.7 Å². The predicted octanol–water partition coefficient (Wildman–Crippen LogP) is -1.29. The zero-order valence-corrected chi connectivity index (χ0v) is 10.4. The van der Waals surface area contributed by atoms with Gasteiger partial charge in [-0.15, -0.1) is 0 Å². The molecule has 2 rings (SSSR count). The van der Waals surface area contributed by atoms with Crippen LogP contribution in [-0.2, 0) is 4.74 Å². The fraction of sp³-hybridized carbons (Fsp3) is 0.417. The Hall–Kier alpha value is -2.21. The van der Waals surface area contributed by atoms with Crippen LogP contribution in [0.4, 0.5) is 0 Å². The lowest BCUT2D eigenvalue weighted by Crippen LogP contribution is -2.34. The van der Waals surface area contributed by atoms with Crippen LogP contribution in [0.15, 0.2) is 22.4 Å². The summed E-state index contributed by atoms with van der Waals surface area (Å²) >= 11 is 0. The van der Waals surface area contributed by atoms with Gasteiger partial charge in [-0.05, 0) is 0 Å². The highest BCUT2D eigenvalue weighted by atomic mass is 16.5. The minimum atomic E-state index is -0.911. The maximum absolute atomic E-state index is 11.8. The van der Waals surface area contributed by atoms with E-state index in [0.29, 0.717) is 0 Å². The van der Waals surface area contributed by atoms with Gasteiger partial charge >= 0.3 is 5.69 Å². The first kappa shape index (κ1) is 14.2. The van der Waals surface area contributed by atoms with Crippen LogP contribution in [0, 0.1) is 11.3 Å².